The minimum absolute atomic E-state index is 0.211. The Hall–Kier alpha value is -2.57. The summed E-state index contributed by atoms with van der Waals surface area (Å²) in [6.45, 7) is 2.78. The summed E-state index contributed by atoms with van der Waals surface area (Å²) in [4.78, 5) is 13.4. The maximum Gasteiger partial charge on any atom is 0.220 e. The van der Waals surface area contributed by atoms with Gasteiger partial charge in [0.25, 0.3) is 0 Å². The van der Waals surface area contributed by atoms with Gasteiger partial charge in [0.2, 0.25) is 5.91 Å². The van der Waals surface area contributed by atoms with E-state index < -0.39 is 86.8 Å². The van der Waals surface area contributed by atoms with Crippen molar-refractivity contribution in [3.05, 3.63) is 72.9 Å². The molecule has 2 heterocycles. The first-order valence-electron chi connectivity index (χ1n) is 35.2. The number of carbonyl (C=O) groups excluding carboxylic acids is 1. The molecule has 12 unspecified atom stereocenters. The van der Waals surface area contributed by atoms with Crippen molar-refractivity contribution in [1.82, 2.24) is 5.32 Å². The minimum atomic E-state index is -1.79. The predicted molar refractivity (Wildman–Crippen MR) is 350 cm³/mol. The van der Waals surface area contributed by atoms with E-state index >= 15 is 0 Å². The van der Waals surface area contributed by atoms with Crippen molar-refractivity contribution in [2.75, 3.05) is 19.8 Å². The van der Waals surface area contributed by atoms with Crippen LogP contribution in [0.25, 0.3) is 0 Å². The van der Waals surface area contributed by atoms with E-state index in [1.165, 1.54) is 161 Å². The SMILES string of the molecule is CC/C=C\C/C=C\C/C=C\C/C=C\C/C=C\C/C=C\CCCCCCCCCCCCC(=O)NC(COC1OC(CO)C(OC2OC(CO)C(O)C(O)C2O)C(O)C1O)C(O)CCCCCCCCCCCCCCCCCCCCCCCCC. The highest BCUT2D eigenvalue weighted by Gasteiger charge is 2.51. The van der Waals surface area contributed by atoms with Gasteiger partial charge in [0.05, 0.1) is 32.0 Å². The Bertz CT molecular complexity index is 1720. The van der Waals surface area contributed by atoms with E-state index in [0.29, 0.717) is 19.3 Å². The summed E-state index contributed by atoms with van der Waals surface area (Å²) in [5.41, 5.74) is 0. The molecule has 1 amide bonds. The number of rotatable bonds is 57. The average molecular weight is 1220 g/mol. The highest BCUT2D eigenvalue weighted by molar-refractivity contribution is 5.76. The quantitative estimate of drug-likeness (QED) is 0.0204. The molecule has 0 aromatic carbocycles. The predicted octanol–water partition coefficient (Wildman–Crippen LogP) is 14.2. The van der Waals surface area contributed by atoms with Gasteiger partial charge in [-0.05, 0) is 64.2 Å². The van der Waals surface area contributed by atoms with Gasteiger partial charge in [0, 0.05) is 6.42 Å². The van der Waals surface area contributed by atoms with E-state index in [0.717, 1.165) is 89.9 Å². The van der Waals surface area contributed by atoms with E-state index in [-0.39, 0.29) is 12.5 Å². The molecule has 0 saturated carbocycles. The molecule has 2 rings (SSSR count). The van der Waals surface area contributed by atoms with E-state index in [1.807, 2.05) is 0 Å². The Morgan fingerprint density at radius 2 is 0.802 bits per heavy atom. The normalized spacial score (nSPS) is 23.8. The van der Waals surface area contributed by atoms with Crippen LogP contribution in [0.15, 0.2) is 72.9 Å². The standard InChI is InChI=1S/C72H129NO13/c1-3-5-7-9-11-13-15-17-19-21-23-25-27-28-29-30-31-32-34-36-38-40-42-44-46-48-50-52-54-56-64(77)73-60(59-83-71-69(82)67(80)70(63(58-75)85-71)86-72-68(81)66(79)65(78)62(57-74)84-72)61(76)55-53-51-49-47-45-43-41-39-37-35-33-26-24-22-20-18-16-14-12-10-8-6-4-2/h5,7,11,13,17,19,23,25,28-29,31-32,60-63,65-72,74-76,78-82H,3-4,6,8-10,12,14-16,18,20-22,24,26-27,30,33-59H2,1-2H3,(H,73,77)/b7-5-,13-11-,19-17-,25-23-,29-28-,32-31-. The second kappa shape index (κ2) is 56.4. The Kier molecular flexibility index (Phi) is 52.2. The van der Waals surface area contributed by atoms with E-state index in [4.69, 9.17) is 18.9 Å². The van der Waals surface area contributed by atoms with Gasteiger partial charge >= 0.3 is 0 Å². The van der Waals surface area contributed by atoms with Crippen molar-refractivity contribution < 1.29 is 64.6 Å². The lowest BCUT2D eigenvalue weighted by atomic mass is 9.97. The van der Waals surface area contributed by atoms with E-state index in [2.05, 4.69) is 92.1 Å². The minimum Gasteiger partial charge on any atom is -0.394 e. The number of ether oxygens (including phenoxy) is 4. The number of carbonyl (C=O) groups is 1. The van der Waals surface area contributed by atoms with Crippen LogP contribution in [-0.2, 0) is 23.7 Å². The molecule has 2 fully saturated rings. The number of unbranched alkanes of at least 4 members (excludes halogenated alkanes) is 32. The second-order valence-electron chi connectivity index (χ2n) is 24.6. The van der Waals surface area contributed by atoms with Gasteiger partial charge < -0.3 is 65.1 Å². The van der Waals surface area contributed by atoms with Gasteiger partial charge in [-0.15, -0.1) is 0 Å². The Labute approximate surface area is 523 Å². The van der Waals surface area contributed by atoms with Gasteiger partial charge in [-0.2, -0.15) is 0 Å². The molecule has 0 bridgehead atoms. The number of aliphatic hydroxyl groups excluding tert-OH is 8. The fraction of sp³-hybridized carbons (Fsp3) is 0.819. The lowest BCUT2D eigenvalue weighted by Gasteiger charge is -2.46. The fourth-order valence-electron chi connectivity index (χ4n) is 11.4. The number of allylic oxidation sites excluding steroid dienone is 12. The zero-order chi connectivity index (χ0) is 62.3. The third-order valence-corrected chi connectivity index (χ3v) is 16.9. The van der Waals surface area contributed by atoms with Gasteiger partial charge in [0.15, 0.2) is 12.6 Å². The summed E-state index contributed by atoms with van der Waals surface area (Å²) in [7, 11) is 0. The number of nitrogens with one attached hydrogen (secondary N) is 1. The van der Waals surface area contributed by atoms with Crippen LogP contribution in [0.5, 0.6) is 0 Å². The summed E-state index contributed by atoms with van der Waals surface area (Å²) in [6.07, 6.45) is 59.0. The van der Waals surface area contributed by atoms with Crippen LogP contribution in [0.4, 0.5) is 0 Å². The van der Waals surface area contributed by atoms with Gasteiger partial charge in [-0.1, -0.05) is 286 Å². The molecule has 9 N–H and O–H groups in total. The summed E-state index contributed by atoms with van der Waals surface area (Å²) < 4.78 is 22.9. The van der Waals surface area contributed by atoms with Crippen LogP contribution in [-0.4, -0.2) is 140 Å². The average Bonchev–Trinajstić information content (AvgIpc) is 2.53. The number of hydrogen-bond acceptors (Lipinski definition) is 13. The molecule has 0 aromatic heterocycles. The first-order valence-corrected chi connectivity index (χ1v) is 35.2. The lowest BCUT2D eigenvalue weighted by molar-refractivity contribution is -0.359. The van der Waals surface area contributed by atoms with Crippen LogP contribution in [0.2, 0.25) is 0 Å². The summed E-state index contributed by atoms with van der Waals surface area (Å²) in [6, 6.07) is -0.837. The summed E-state index contributed by atoms with van der Waals surface area (Å²) in [5, 5.41) is 87.6. The molecule has 2 aliphatic rings. The third-order valence-electron chi connectivity index (χ3n) is 16.9. The van der Waals surface area contributed by atoms with Crippen LogP contribution < -0.4 is 5.32 Å². The molecule has 12 atom stereocenters. The van der Waals surface area contributed by atoms with Crippen molar-refractivity contribution in [1.29, 1.82) is 0 Å². The molecule has 2 saturated heterocycles. The maximum atomic E-state index is 13.4. The van der Waals surface area contributed by atoms with Crippen LogP contribution in [0.1, 0.15) is 284 Å². The lowest BCUT2D eigenvalue weighted by Crippen LogP contribution is -2.65. The van der Waals surface area contributed by atoms with Crippen LogP contribution in [0, 0.1) is 0 Å². The van der Waals surface area contributed by atoms with Gasteiger partial charge in [-0.25, -0.2) is 0 Å². The van der Waals surface area contributed by atoms with E-state index in [1.54, 1.807) is 0 Å². The molecular weight excluding hydrogens is 1090 g/mol. The van der Waals surface area contributed by atoms with Crippen molar-refractivity contribution in [3.63, 3.8) is 0 Å². The van der Waals surface area contributed by atoms with Crippen LogP contribution >= 0.6 is 0 Å². The zero-order valence-corrected chi connectivity index (χ0v) is 54.3. The zero-order valence-electron chi connectivity index (χ0n) is 54.3. The first-order chi connectivity index (χ1) is 42.1. The Morgan fingerprint density at radius 3 is 1.23 bits per heavy atom. The molecule has 0 aliphatic carbocycles. The first kappa shape index (κ1) is 79.5. The molecule has 0 aromatic rings. The van der Waals surface area contributed by atoms with E-state index in [9.17, 15) is 45.6 Å². The summed E-state index contributed by atoms with van der Waals surface area (Å²) >= 11 is 0. The highest BCUT2D eigenvalue weighted by atomic mass is 16.7. The molecular formula is C72H129NO13. The van der Waals surface area contributed by atoms with Crippen molar-refractivity contribution >= 4 is 5.91 Å². The monoisotopic (exact) mass is 1220 g/mol. The highest BCUT2D eigenvalue weighted by Crippen LogP contribution is 2.30. The molecule has 2 aliphatic heterocycles. The molecule has 14 nitrogen and oxygen atoms in total. The topological polar surface area (TPSA) is 228 Å². The number of aliphatic hydroxyl groups is 8. The second-order valence-corrected chi connectivity index (χ2v) is 24.6. The molecule has 500 valence electrons. The van der Waals surface area contributed by atoms with Crippen LogP contribution in [0.3, 0.4) is 0 Å². The molecule has 0 spiro atoms. The summed E-state index contributed by atoms with van der Waals surface area (Å²) in [5.74, 6) is -0.211. The smallest absolute Gasteiger partial charge is 0.220 e. The maximum absolute atomic E-state index is 13.4. The number of hydrogen-bond donors (Lipinski definition) is 9. The molecule has 0 radical (unpaired) electrons. The Morgan fingerprint density at radius 1 is 0.430 bits per heavy atom. The molecule has 14 heteroatoms. The number of amides is 1. The van der Waals surface area contributed by atoms with Gasteiger partial charge in [-0.3, -0.25) is 4.79 Å². The Balaban J connectivity index is 1.68. The third kappa shape index (κ3) is 40.2. The largest absolute Gasteiger partial charge is 0.394 e. The molecule has 86 heavy (non-hydrogen) atoms. The van der Waals surface area contributed by atoms with Gasteiger partial charge in [0.1, 0.15) is 48.8 Å². The van der Waals surface area contributed by atoms with Crippen molar-refractivity contribution in [2.45, 2.75) is 357 Å². The van der Waals surface area contributed by atoms with Crippen molar-refractivity contribution in [3.8, 4) is 0 Å². The fourth-order valence-corrected chi connectivity index (χ4v) is 11.4. The van der Waals surface area contributed by atoms with Crippen molar-refractivity contribution in [2.24, 2.45) is 0 Å².